The van der Waals surface area contributed by atoms with Gasteiger partial charge in [0.2, 0.25) is 5.91 Å². The van der Waals surface area contributed by atoms with E-state index >= 15 is 0 Å². The topological polar surface area (TPSA) is 76.1 Å². The quantitative estimate of drug-likeness (QED) is 0.909. The highest BCUT2D eigenvalue weighted by Gasteiger charge is 2.31. The molecule has 2 aliphatic rings. The number of carbonyl (C=O) groups is 2. The fourth-order valence-electron chi connectivity index (χ4n) is 2.99. The lowest BCUT2D eigenvalue weighted by molar-refractivity contribution is -0.159. The second-order valence-electron chi connectivity index (χ2n) is 5.61. The number of aliphatic carboxylic acids is 1. The Bertz CT molecular complexity index is 573. The van der Waals surface area contributed by atoms with Crippen LogP contribution >= 0.6 is 0 Å². The van der Waals surface area contributed by atoms with Crippen LogP contribution in [0.25, 0.3) is 0 Å². The summed E-state index contributed by atoms with van der Waals surface area (Å²) >= 11 is 0. The Morgan fingerprint density at radius 2 is 2.09 bits per heavy atom. The number of amides is 1. The minimum absolute atomic E-state index is 0.0174. The monoisotopic (exact) mass is 305 g/mol. The Labute approximate surface area is 128 Å². The van der Waals surface area contributed by atoms with Crippen LogP contribution < -0.4 is 4.74 Å². The molecule has 1 fully saturated rings. The predicted octanol–water partition coefficient (Wildman–Crippen LogP) is 1.25. The molecule has 6 heteroatoms. The van der Waals surface area contributed by atoms with Gasteiger partial charge < -0.3 is 19.5 Å². The van der Waals surface area contributed by atoms with Gasteiger partial charge in [0.15, 0.2) is 6.10 Å². The number of carboxylic acid groups (broad SMARTS) is 1. The highest BCUT2D eigenvalue weighted by molar-refractivity contribution is 5.79. The minimum atomic E-state index is -1.02. The highest BCUT2D eigenvalue weighted by atomic mass is 16.5. The number of para-hydroxylation sites is 1. The first-order valence-corrected chi connectivity index (χ1v) is 7.49. The van der Waals surface area contributed by atoms with Crippen molar-refractivity contribution < 1.29 is 24.2 Å². The number of morpholine rings is 1. The molecule has 1 saturated heterocycles. The number of hydrogen-bond donors (Lipinski definition) is 1. The van der Waals surface area contributed by atoms with Gasteiger partial charge in [0.1, 0.15) is 5.75 Å². The normalized spacial score (nSPS) is 24.3. The Balaban J connectivity index is 1.66. The molecule has 0 radical (unpaired) electrons. The van der Waals surface area contributed by atoms with Gasteiger partial charge in [-0.3, -0.25) is 4.79 Å². The van der Waals surface area contributed by atoms with Crippen molar-refractivity contribution in [1.29, 1.82) is 0 Å². The molecule has 118 valence electrons. The van der Waals surface area contributed by atoms with Gasteiger partial charge in [-0.15, -0.1) is 0 Å². The first-order valence-electron chi connectivity index (χ1n) is 7.49. The van der Waals surface area contributed by atoms with Crippen molar-refractivity contribution in [2.24, 2.45) is 0 Å². The molecule has 1 amide bonds. The van der Waals surface area contributed by atoms with E-state index in [2.05, 4.69) is 0 Å². The zero-order valence-electron chi connectivity index (χ0n) is 12.2. The summed E-state index contributed by atoms with van der Waals surface area (Å²) < 4.78 is 10.8. The van der Waals surface area contributed by atoms with Crippen LogP contribution in [0.3, 0.4) is 0 Å². The number of carboxylic acids is 1. The maximum atomic E-state index is 12.5. The molecule has 2 heterocycles. The zero-order valence-corrected chi connectivity index (χ0v) is 12.2. The van der Waals surface area contributed by atoms with Crippen LogP contribution in [-0.2, 0) is 14.3 Å². The SMILES string of the molecule is O=C(O)C1CN(C(=O)CC2CCOc3ccccc32)CCO1. The van der Waals surface area contributed by atoms with E-state index in [0.717, 1.165) is 17.7 Å². The van der Waals surface area contributed by atoms with Gasteiger partial charge in [-0.2, -0.15) is 0 Å². The number of nitrogens with zero attached hydrogens (tertiary/aromatic N) is 1. The van der Waals surface area contributed by atoms with E-state index in [4.69, 9.17) is 14.6 Å². The molecular formula is C16H19NO5. The van der Waals surface area contributed by atoms with Gasteiger partial charge in [0.05, 0.1) is 19.8 Å². The van der Waals surface area contributed by atoms with Gasteiger partial charge in [-0.05, 0) is 24.0 Å². The van der Waals surface area contributed by atoms with Gasteiger partial charge in [0, 0.05) is 13.0 Å². The molecular weight excluding hydrogens is 286 g/mol. The van der Waals surface area contributed by atoms with Crippen LogP contribution in [0.4, 0.5) is 0 Å². The minimum Gasteiger partial charge on any atom is -0.493 e. The van der Waals surface area contributed by atoms with Crippen LogP contribution in [0.1, 0.15) is 24.3 Å². The van der Waals surface area contributed by atoms with Crippen LogP contribution in [0.5, 0.6) is 5.75 Å². The average molecular weight is 305 g/mol. The Morgan fingerprint density at radius 1 is 1.27 bits per heavy atom. The summed E-state index contributed by atoms with van der Waals surface area (Å²) in [5.41, 5.74) is 1.06. The number of rotatable bonds is 3. The Kier molecular flexibility index (Phi) is 4.29. The number of hydrogen-bond acceptors (Lipinski definition) is 4. The van der Waals surface area contributed by atoms with E-state index in [-0.39, 0.29) is 25.0 Å². The summed E-state index contributed by atoms with van der Waals surface area (Å²) in [4.78, 5) is 25.1. The van der Waals surface area contributed by atoms with E-state index < -0.39 is 12.1 Å². The van der Waals surface area contributed by atoms with Gasteiger partial charge >= 0.3 is 5.97 Å². The summed E-state index contributed by atoms with van der Waals surface area (Å²) in [7, 11) is 0. The van der Waals surface area contributed by atoms with Gasteiger partial charge in [-0.25, -0.2) is 4.79 Å². The number of carbonyl (C=O) groups excluding carboxylic acids is 1. The van der Waals surface area contributed by atoms with E-state index in [1.54, 1.807) is 4.90 Å². The van der Waals surface area contributed by atoms with Crippen molar-refractivity contribution >= 4 is 11.9 Å². The van der Waals surface area contributed by atoms with Crippen molar-refractivity contribution in [1.82, 2.24) is 4.90 Å². The van der Waals surface area contributed by atoms with E-state index in [1.165, 1.54) is 0 Å². The van der Waals surface area contributed by atoms with Crippen molar-refractivity contribution in [3.63, 3.8) is 0 Å². The van der Waals surface area contributed by atoms with Crippen LogP contribution in [0.15, 0.2) is 24.3 Å². The molecule has 2 atom stereocenters. The molecule has 0 aliphatic carbocycles. The van der Waals surface area contributed by atoms with Crippen LogP contribution in [0.2, 0.25) is 0 Å². The van der Waals surface area contributed by atoms with E-state index in [0.29, 0.717) is 19.6 Å². The third-order valence-electron chi connectivity index (χ3n) is 4.20. The number of fused-ring (bicyclic) bond motifs is 1. The lowest BCUT2D eigenvalue weighted by Crippen LogP contribution is -2.48. The average Bonchev–Trinajstić information content (AvgIpc) is 2.55. The van der Waals surface area contributed by atoms with Gasteiger partial charge in [0.25, 0.3) is 0 Å². The largest absolute Gasteiger partial charge is 0.493 e. The molecule has 1 aromatic rings. The second-order valence-corrected chi connectivity index (χ2v) is 5.61. The first-order chi connectivity index (χ1) is 10.6. The van der Waals surface area contributed by atoms with E-state index in [1.807, 2.05) is 24.3 Å². The highest BCUT2D eigenvalue weighted by Crippen LogP contribution is 2.35. The van der Waals surface area contributed by atoms with Crippen molar-refractivity contribution in [2.45, 2.75) is 24.9 Å². The molecule has 1 aromatic carbocycles. The van der Waals surface area contributed by atoms with Crippen molar-refractivity contribution in [3.05, 3.63) is 29.8 Å². The smallest absolute Gasteiger partial charge is 0.334 e. The number of ether oxygens (including phenoxy) is 2. The zero-order chi connectivity index (χ0) is 15.5. The Morgan fingerprint density at radius 3 is 2.91 bits per heavy atom. The first kappa shape index (κ1) is 14.8. The lowest BCUT2D eigenvalue weighted by atomic mass is 9.90. The molecule has 2 unspecified atom stereocenters. The lowest BCUT2D eigenvalue weighted by Gasteiger charge is -2.33. The van der Waals surface area contributed by atoms with Crippen LogP contribution in [0, 0.1) is 0 Å². The fourth-order valence-corrected chi connectivity index (χ4v) is 2.99. The molecule has 6 nitrogen and oxygen atoms in total. The predicted molar refractivity (Wildman–Crippen MR) is 77.9 cm³/mol. The van der Waals surface area contributed by atoms with Gasteiger partial charge in [-0.1, -0.05) is 18.2 Å². The second kappa shape index (κ2) is 6.36. The third-order valence-corrected chi connectivity index (χ3v) is 4.20. The molecule has 0 aromatic heterocycles. The number of benzene rings is 1. The summed E-state index contributed by atoms with van der Waals surface area (Å²) in [5, 5.41) is 9.01. The summed E-state index contributed by atoms with van der Waals surface area (Å²) in [6.07, 6.45) is 0.266. The summed E-state index contributed by atoms with van der Waals surface area (Å²) in [5.74, 6) is -0.0642. The Hall–Kier alpha value is -2.08. The molecule has 0 bridgehead atoms. The molecule has 3 rings (SSSR count). The molecule has 0 spiro atoms. The van der Waals surface area contributed by atoms with E-state index in [9.17, 15) is 9.59 Å². The van der Waals surface area contributed by atoms with Crippen molar-refractivity contribution in [2.75, 3.05) is 26.3 Å². The third kappa shape index (κ3) is 3.06. The van der Waals surface area contributed by atoms with Crippen LogP contribution in [-0.4, -0.2) is 54.3 Å². The fraction of sp³-hybridized carbons (Fsp3) is 0.500. The van der Waals surface area contributed by atoms with Crippen molar-refractivity contribution in [3.8, 4) is 5.75 Å². The maximum Gasteiger partial charge on any atom is 0.334 e. The maximum absolute atomic E-state index is 12.5. The summed E-state index contributed by atoms with van der Waals surface area (Å²) in [6, 6.07) is 7.77. The molecule has 2 aliphatic heterocycles. The molecule has 0 saturated carbocycles. The standard InChI is InChI=1S/C16H19NO5/c18-15(17-6-8-22-14(10-17)16(19)20)9-11-5-7-21-13-4-2-1-3-12(11)13/h1-4,11,14H,5-10H2,(H,19,20). The molecule has 22 heavy (non-hydrogen) atoms. The summed E-state index contributed by atoms with van der Waals surface area (Å²) in [6.45, 7) is 1.45. The molecule has 1 N–H and O–H groups in total.